The van der Waals surface area contributed by atoms with Gasteiger partial charge in [0.2, 0.25) is 0 Å². The third-order valence-electron chi connectivity index (χ3n) is 4.63. The van der Waals surface area contributed by atoms with Crippen molar-refractivity contribution in [1.82, 2.24) is 4.98 Å². The first-order valence-electron chi connectivity index (χ1n) is 11.2. The molecule has 0 aliphatic carbocycles. The average Bonchev–Trinajstić information content (AvgIpc) is 2.85. The highest BCUT2D eigenvalue weighted by Crippen LogP contribution is 2.19. The number of aliphatic hydroxyl groups is 1. The molecule has 1 aromatic carbocycles. The van der Waals surface area contributed by atoms with Gasteiger partial charge >= 0.3 is 0 Å². The average molecular weight is 423 g/mol. The number of aromatic nitrogens is 1. The Morgan fingerprint density at radius 3 is 2.65 bits per heavy atom. The van der Waals surface area contributed by atoms with E-state index in [1.54, 1.807) is 20.2 Å². The minimum Gasteiger partial charge on any atom is -0.495 e. The number of pyridine rings is 1. The van der Waals surface area contributed by atoms with Crippen LogP contribution in [-0.4, -0.2) is 36.1 Å². The third kappa shape index (κ3) is 9.75. The number of fused-ring (bicyclic) bond motifs is 1. The highest BCUT2D eigenvalue weighted by atomic mass is 16.5. The molecule has 2 heterocycles. The van der Waals surface area contributed by atoms with Crippen LogP contribution in [0.3, 0.4) is 0 Å². The molecule has 0 spiro atoms. The van der Waals surface area contributed by atoms with Gasteiger partial charge in [-0.1, -0.05) is 64.1 Å². The van der Waals surface area contributed by atoms with E-state index in [0.29, 0.717) is 12.5 Å². The molecule has 2 aromatic rings. The molecule has 0 bridgehead atoms. The van der Waals surface area contributed by atoms with Crippen LogP contribution in [0.4, 0.5) is 0 Å². The molecule has 0 amide bonds. The molecule has 0 saturated carbocycles. The van der Waals surface area contributed by atoms with E-state index in [4.69, 9.17) is 4.74 Å². The Balaban J connectivity index is 0.000000287. The van der Waals surface area contributed by atoms with Crippen molar-refractivity contribution in [2.45, 2.75) is 53.6 Å². The number of ether oxygens (including phenoxy) is 1. The summed E-state index contributed by atoms with van der Waals surface area (Å²) >= 11 is 0. The quantitative estimate of drug-likeness (QED) is 0.587. The molecule has 0 radical (unpaired) electrons. The summed E-state index contributed by atoms with van der Waals surface area (Å²) in [7, 11) is 1.66. The van der Waals surface area contributed by atoms with E-state index in [1.807, 2.05) is 44.3 Å². The molecule has 3 rings (SSSR count). The highest BCUT2D eigenvalue weighted by molar-refractivity contribution is 5.80. The summed E-state index contributed by atoms with van der Waals surface area (Å²) in [5.74, 6) is 1.16. The lowest BCUT2D eigenvalue weighted by atomic mass is 10.0. The predicted molar refractivity (Wildman–Crippen MR) is 134 cm³/mol. The zero-order valence-corrected chi connectivity index (χ0v) is 19.9. The Kier molecular flexibility index (Phi) is 12.8. The van der Waals surface area contributed by atoms with Gasteiger partial charge in [-0.05, 0) is 48.6 Å². The van der Waals surface area contributed by atoms with Crippen molar-refractivity contribution in [3.63, 3.8) is 0 Å². The van der Waals surface area contributed by atoms with E-state index in [0.717, 1.165) is 35.1 Å². The molecule has 4 heteroatoms. The fraction of sp³-hybridized carbons (Fsp3) is 0.407. The second kappa shape index (κ2) is 15.1. The van der Waals surface area contributed by atoms with Crippen LogP contribution >= 0.6 is 0 Å². The number of nitrogens with zero attached hydrogens (tertiary/aromatic N) is 2. The van der Waals surface area contributed by atoms with E-state index in [1.165, 1.54) is 5.56 Å². The smallest absolute Gasteiger partial charge is 0.137 e. The van der Waals surface area contributed by atoms with Gasteiger partial charge in [-0.2, -0.15) is 0 Å². The molecule has 2 unspecified atom stereocenters. The van der Waals surface area contributed by atoms with Gasteiger partial charge in [0.15, 0.2) is 0 Å². The van der Waals surface area contributed by atoms with Crippen LogP contribution in [0, 0.1) is 5.92 Å². The van der Waals surface area contributed by atoms with Crippen molar-refractivity contribution >= 4 is 17.1 Å². The Hall–Kier alpha value is -2.72. The molecule has 1 N–H and O–H groups in total. The number of aliphatic imine (C=N–C) groups is 1. The number of hydrogen-bond acceptors (Lipinski definition) is 4. The summed E-state index contributed by atoms with van der Waals surface area (Å²) in [4.78, 5) is 8.52. The Morgan fingerprint density at radius 2 is 1.97 bits per heavy atom. The maximum absolute atomic E-state index is 9.56. The second-order valence-electron chi connectivity index (χ2n) is 7.07. The topological polar surface area (TPSA) is 54.7 Å². The zero-order valence-electron chi connectivity index (χ0n) is 19.9. The van der Waals surface area contributed by atoms with Gasteiger partial charge < -0.3 is 9.84 Å². The molecule has 1 aliphatic rings. The van der Waals surface area contributed by atoms with Gasteiger partial charge in [-0.25, -0.2) is 0 Å². The lowest BCUT2D eigenvalue weighted by Gasteiger charge is -2.07. The number of aliphatic hydroxyl groups excluding tert-OH is 1. The number of rotatable bonds is 3. The van der Waals surface area contributed by atoms with Crippen molar-refractivity contribution in [3.8, 4) is 5.75 Å². The van der Waals surface area contributed by atoms with Gasteiger partial charge in [0.1, 0.15) is 5.75 Å². The number of allylic oxidation sites excluding steroid dienone is 3. The first-order valence-corrected chi connectivity index (χ1v) is 11.2. The number of aryl methyl sites for hydroxylation is 1. The van der Waals surface area contributed by atoms with Crippen LogP contribution in [-0.2, 0) is 6.42 Å². The van der Waals surface area contributed by atoms with E-state index >= 15 is 0 Å². The Labute approximate surface area is 188 Å². The number of benzene rings is 1. The first kappa shape index (κ1) is 26.3. The maximum atomic E-state index is 9.56. The molecule has 4 nitrogen and oxygen atoms in total. The van der Waals surface area contributed by atoms with E-state index in [9.17, 15) is 5.11 Å². The third-order valence-corrected chi connectivity index (χ3v) is 4.63. The Bertz CT molecular complexity index is 856. The van der Waals surface area contributed by atoms with Gasteiger partial charge in [0, 0.05) is 18.0 Å². The normalized spacial score (nSPS) is 20.5. The van der Waals surface area contributed by atoms with Crippen molar-refractivity contribution in [1.29, 1.82) is 0 Å². The lowest BCUT2D eigenvalue weighted by Crippen LogP contribution is -2.04. The molecule has 2 atom stereocenters. The number of methoxy groups -OCH3 is 1. The predicted octanol–water partition coefficient (Wildman–Crippen LogP) is 6.35. The van der Waals surface area contributed by atoms with Crippen LogP contribution in [0.15, 0.2) is 71.4 Å². The fourth-order valence-electron chi connectivity index (χ4n) is 2.94. The minimum atomic E-state index is -0.415. The molecule has 0 saturated heterocycles. The summed E-state index contributed by atoms with van der Waals surface area (Å²) in [6.45, 7) is 10.7. The van der Waals surface area contributed by atoms with E-state index < -0.39 is 6.10 Å². The summed E-state index contributed by atoms with van der Waals surface area (Å²) in [6, 6.07) is 8.34. The fourth-order valence-corrected chi connectivity index (χ4v) is 2.94. The molecule has 1 aliphatic heterocycles. The molecule has 0 fully saturated rings. The number of hydrogen-bond donors (Lipinski definition) is 1. The Morgan fingerprint density at radius 1 is 1.19 bits per heavy atom. The van der Waals surface area contributed by atoms with E-state index in [2.05, 4.69) is 54.2 Å². The van der Waals surface area contributed by atoms with Crippen LogP contribution in [0.2, 0.25) is 0 Å². The van der Waals surface area contributed by atoms with Crippen molar-refractivity contribution in [2.75, 3.05) is 13.7 Å². The van der Waals surface area contributed by atoms with Gasteiger partial charge in [0.25, 0.3) is 0 Å². The summed E-state index contributed by atoms with van der Waals surface area (Å²) in [5, 5.41) is 10.7. The second-order valence-corrected chi connectivity index (χ2v) is 7.07. The lowest BCUT2D eigenvalue weighted by molar-refractivity contribution is 0.234. The van der Waals surface area contributed by atoms with Gasteiger partial charge in [0.05, 0.1) is 31.5 Å². The van der Waals surface area contributed by atoms with Gasteiger partial charge in [-0.3, -0.25) is 9.98 Å². The van der Waals surface area contributed by atoms with Crippen LogP contribution in [0.5, 0.6) is 5.75 Å². The zero-order chi connectivity index (χ0) is 23.1. The molecule has 1 aromatic heterocycles. The van der Waals surface area contributed by atoms with Crippen LogP contribution < -0.4 is 4.74 Å². The first-order chi connectivity index (χ1) is 15.0. The molecule has 31 heavy (non-hydrogen) atoms. The minimum absolute atomic E-state index is 0.353. The van der Waals surface area contributed by atoms with Crippen molar-refractivity contribution < 1.29 is 9.84 Å². The van der Waals surface area contributed by atoms with Gasteiger partial charge in [-0.15, -0.1) is 0 Å². The summed E-state index contributed by atoms with van der Waals surface area (Å²) in [6.07, 6.45) is 15.4. The van der Waals surface area contributed by atoms with Crippen molar-refractivity contribution in [2.24, 2.45) is 10.9 Å². The standard InChI is InChI=1S/C13H19NO.C12H13NO.C2H6/c1-11-6-3-4-8-14-9-5-7-13(10-11)12(2)15;1-3-9-4-5-12-10(6-9)7-11(14-2)8-13-12;1-2/h3,5-8,10-12,15H,4,9H2,1-2H3;4-8H,3H2,1-2H3;1-2H3/b6-3-,7-5-,13-10+,14-8?;;. The SMILES string of the molecule is CC.CC1/C=C\CC=NC/C=C\C(C(C)O)=C/1.CCc1ccc2ncc(OC)cc2c1. The van der Waals surface area contributed by atoms with Crippen LogP contribution in [0.1, 0.15) is 46.6 Å². The highest BCUT2D eigenvalue weighted by Gasteiger charge is 2.03. The van der Waals surface area contributed by atoms with Crippen molar-refractivity contribution in [3.05, 3.63) is 72.0 Å². The summed E-state index contributed by atoms with van der Waals surface area (Å²) < 4.78 is 5.13. The largest absolute Gasteiger partial charge is 0.495 e. The van der Waals surface area contributed by atoms with Crippen LogP contribution in [0.25, 0.3) is 10.9 Å². The maximum Gasteiger partial charge on any atom is 0.137 e. The summed E-state index contributed by atoms with van der Waals surface area (Å²) in [5.41, 5.74) is 3.31. The molecular formula is C27H38N2O2. The van der Waals surface area contributed by atoms with E-state index in [-0.39, 0.29) is 0 Å². The monoisotopic (exact) mass is 422 g/mol. The molecular weight excluding hydrogens is 384 g/mol. The molecule has 168 valence electrons.